The van der Waals surface area contributed by atoms with Gasteiger partial charge in [0.1, 0.15) is 11.7 Å². The lowest BCUT2D eigenvalue weighted by Crippen LogP contribution is -2.39. The summed E-state index contributed by atoms with van der Waals surface area (Å²) in [5.74, 6) is 1.25. The van der Waals surface area contributed by atoms with Gasteiger partial charge in [-0.2, -0.15) is 4.98 Å². The molecule has 0 N–H and O–H groups in total. The van der Waals surface area contributed by atoms with Crippen LogP contribution in [-0.2, 0) is 0 Å². The van der Waals surface area contributed by atoms with E-state index in [0.29, 0.717) is 24.0 Å². The monoisotopic (exact) mass is 301 g/mol. The zero-order valence-electron chi connectivity index (χ0n) is 12.8. The smallest absolute Gasteiger partial charge is 0.274 e. The predicted molar refractivity (Wildman–Crippen MR) is 78.0 cm³/mol. The maximum atomic E-state index is 12.7. The number of piperidine rings is 1. The molecular formula is C15H19N5O2. The minimum absolute atomic E-state index is 0.137. The van der Waals surface area contributed by atoms with E-state index in [1.807, 2.05) is 13.8 Å². The quantitative estimate of drug-likeness (QED) is 0.865. The lowest BCUT2D eigenvalue weighted by atomic mass is 10.0. The normalized spacial score (nSPS) is 18.7. The molecule has 1 aliphatic heterocycles. The van der Waals surface area contributed by atoms with E-state index in [9.17, 15) is 4.79 Å². The minimum Gasteiger partial charge on any atom is -0.337 e. The van der Waals surface area contributed by atoms with Gasteiger partial charge in [0.25, 0.3) is 5.91 Å². The van der Waals surface area contributed by atoms with Crippen molar-refractivity contribution in [1.29, 1.82) is 0 Å². The van der Waals surface area contributed by atoms with Crippen LogP contribution in [0.5, 0.6) is 0 Å². The fourth-order valence-electron chi connectivity index (χ4n) is 2.61. The summed E-state index contributed by atoms with van der Waals surface area (Å²) in [4.78, 5) is 26.9. The number of hydrogen-bond donors (Lipinski definition) is 0. The van der Waals surface area contributed by atoms with Crippen molar-refractivity contribution in [2.24, 2.45) is 0 Å². The predicted octanol–water partition coefficient (Wildman–Crippen LogP) is 2.35. The first-order valence-corrected chi connectivity index (χ1v) is 7.57. The highest BCUT2D eigenvalue weighted by molar-refractivity contribution is 5.92. The van der Waals surface area contributed by atoms with Gasteiger partial charge in [-0.15, -0.1) is 0 Å². The Kier molecular flexibility index (Phi) is 4.13. The van der Waals surface area contributed by atoms with Crippen molar-refractivity contribution in [1.82, 2.24) is 25.0 Å². The zero-order valence-corrected chi connectivity index (χ0v) is 12.8. The second-order valence-electron chi connectivity index (χ2n) is 5.75. The highest BCUT2D eigenvalue weighted by Crippen LogP contribution is 2.31. The largest absolute Gasteiger partial charge is 0.337 e. The van der Waals surface area contributed by atoms with Crippen LogP contribution in [0.4, 0.5) is 0 Å². The van der Waals surface area contributed by atoms with Crippen molar-refractivity contribution in [3.8, 4) is 0 Å². The summed E-state index contributed by atoms with van der Waals surface area (Å²) in [5.41, 5.74) is 0.345. The number of rotatable bonds is 3. The summed E-state index contributed by atoms with van der Waals surface area (Å²) >= 11 is 0. The molecule has 22 heavy (non-hydrogen) atoms. The van der Waals surface area contributed by atoms with E-state index >= 15 is 0 Å². The van der Waals surface area contributed by atoms with Crippen molar-refractivity contribution >= 4 is 5.91 Å². The average molecular weight is 301 g/mol. The number of hydrogen-bond acceptors (Lipinski definition) is 6. The van der Waals surface area contributed by atoms with Crippen LogP contribution < -0.4 is 0 Å². The summed E-state index contributed by atoms with van der Waals surface area (Å²) < 4.78 is 5.39. The molecule has 1 unspecified atom stereocenters. The fourth-order valence-corrected chi connectivity index (χ4v) is 2.61. The second-order valence-corrected chi connectivity index (χ2v) is 5.75. The molecule has 0 radical (unpaired) electrons. The molecule has 1 fully saturated rings. The highest BCUT2D eigenvalue weighted by atomic mass is 16.5. The third-order valence-electron chi connectivity index (χ3n) is 3.80. The van der Waals surface area contributed by atoms with Gasteiger partial charge in [0.05, 0.1) is 6.20 Å². The Morgan fingerprint density at radius 1 is 1.36 bits per heavy atom. The highest BCUT2D eigenvalue weighted by Gasteiger charge is 2.33. The molecule has 2 aromatic rings. The van der Waals surface area contributed by atoms with Gasteiger partial charge in [-0.3, -0.25) is 9.78 Å². The molecule has 1 amide bonds. The standard InChI is InChI=1S/C15H19N5O2/c1-10(2)13-18-14(22-19-13)12-5-3-4-8-20(12)15(21)11-9-16-6-7-17-11/h6-7,9-10,12H,3-5,8H2,1-2H3. The Hall–Kier alpha value is -2.31. The lowest BCUT2D eigenvalue weighted by molar-refractivity contribution is 0.0555. The number of carbonyl (C=O) groups excluding carboxylic acids is 1. The van der Waals surface area contributed by atoms with Crippen LogP contribution in [0.25, 0.3) is 0 Å². The molecule has 0 aromatic carbocycles. The van der Waals surface area contributed by atoms with Crippen LogP contribution in [0.1, 0.15) is 67.3 Å². The molecule has 0 aliphatic carbocycles. The van der Waals surface area contributed by atoms with E-state index in [-0.39, 0.29) is 17.9 Å². The minimum atomic E-state index is -0.178. The van der Waals surface area contributed by atoms with E-state index in [1.54, 1.807) is 11.1 Å². The van der Waals surface area contributed by atoms with Crippen LogP contribution in [-0.4, -0.2) is 37.5 Å². The third kappa shape index (κ3) is 2.84. The Morgan fingerprint density at radius 2 is 2.23 bits per heavy atom. The first kappa shape index (κ1) is 14.6. The van der Waals surface area contributed by atoms with Gasteiger partial charge in [0.2, 0.25) is 5.89 Å². The molecule has 116 valence electrons. The molecule has 7 heteroatoms. The van der Waals surface area contributed by atoms with Gasteiger partial charge in [-0.25, -0.2) is 4.98 Å². The van der Waals surface area contributed by atoms with Gasteiger partial charge in [0.15, 0.2) is 5.82 Å². The van der Waals surface area contributed by atoms with E-state index in [0.717, 1.165) is 19.3 Å². The number of carbonyl (C=O) groups is 1. The van der Waals surface area contributed by atoms with Gasteiger partial charge < -0.3 is 9.42 Å². The first-order valence-electron chi connectivity index (χ1n) is 7.57. The van der Waals surface area contributed by atoms with Crippen LogP contribution in [0.2, 0.25) is 0 Å². The molecule has 0 bridgehead atoms. The summed E-state index contributed by atoms with van der Waals surface area (Å²) in [7, 11) is 0. The topological polar surface area (TPSA) is 85.0 Å². The van der Waals surface area contributed by atoms with Gasteiger partial charge in [0, 0.05) is 24.9 Å². The number of nitrogens with zero attached hydrogens (tertiary/aromatic N) is 5. The van der Waals surface area contributed by atoms with Crippen LogP contribution >= 0.6 is 0 Å². The zero-order chi connectivity index (χ0) is 15.5. The molecule has 0 spiro atoms. The molecule has 3 rings (SSSR count). The number of likely N-dealkylation sites (tertiary alicyclic amines) is 1. The Morgan fingerprint density at radius 3 is 2.91 bits per heavy atom. The van der Waals surface area contributed by atoms with Crippen LogP contribution in [0, 0.1) is 0 Å². The number of amides is 1. The Labute approximate surface area is 128 Å². The maximum absolute atomic E-state index is 12.7. The van der Waals surface area contributed by atoms with Crippen molar-refractivity contribution in [2.75, 3.05) is 6.54 Å². The van der Waals surface area contributed by atoms with E-state index < -0.39 is 0 Å². The summed E-state index contributed by atoms with van der Waals surface area (Å²) in [5, 5.41) is 4.01. The maximum Gasteiger partial charge on any atom is 0.274 e. The fraction of sp³-hybridized carbons (Fsp3) is 0.533. The SMILES string of the molecule is CC(C)c1noc(C2CCCCN2C(=O)c2cnccn2)n1. The summed E-state index contributed by atoms with van der Waals surface area (Å²) in [6.45, 7) is 4.69. The van der Waals surface area contributed by atoms with Crippen LogP contribution in [0.3, 0.4) is 0 Å². The van der Waals surface area contributed by atoms with Gasteiger partial charge in [-0.05, 0) is 19.3 Å². The molecule has 1 aliphatic rings. The third-order valence-corrected chi connectivity index (χ3v) is 3.80. The van der Waals surface area contributed by atoms with E-state index in [4.69, 9.17) is 4.52 Å². The lowest BCUT2D eigenvalue weighted by Gasteiger charge is -2.33. The van der Waals surface area contributed by atoms with Crippen molar-refractivity contribution in [2.45, 2.75) is 45.1 Å². The van der Waals surface area contributed by atoms with Gasteiger partial charge in [-0.1, -0.05) is 19.0 Å². The first-order chi connectivity index (χ1) is 10.7. The average Bonchev–Trinajstić information content (AvgIpc) is 3.05. The Bertz CT molecular complexity index is 640. The van der Waals surface area contributed by atoms with Crippen LogP contribution in [0.15, 0.2) is 23.1 Å². The molecule has 3 heterocycles. The van der Waals surface area contributed by atoms with Crippen molar-refractivity contribution < 1.29 is 9.32 Å². The molecule has 1 saturated heterocycles. The summed E-state index contributed by atoms with van der Waals surface area (Å²) in [6, 6.07) is -0.178. The van der Waals surface area contributed by atoms with Crippen molar-refractivity contribution in [3.63, 3.8) is 0 Å². The summed E-state index contributed by atoms with van der Waals surface area (Å²) in [6.07, 6.45) is 7.39. The number of aromatic nitrogens is 4. The molecule has 0 saturated carbocycles. The van der Waals surface area contributed by atoms with Crippen molar-refractivity contribution in [3.05, 3.63) is 36.0 Å². The molecule has 7 nitrogen and oxygen atoms in total. The molecular weight excluding hydrogens is 282 g/mol. The van der Waals surface area contributed by atoms with E-state index in [1.165, 1.54) is 12.4 Å². The molecule has 1 atom stereocenters. The Balaban J connectivity index is 1.86. The second kappa shape index (κ2) is 6.21. The van der Waals surface area contributed by atoms with E-state index in [2.05, 4.69) is 20.1 Å². The molecule has 2 aromatic heterocycles. The van der Waals surface area contributed by atoms with Gasteiger partial charge >= 0.3 is 0 Å².